The number of alkyl halides is 3. The van der Waals surface area contributed by atoms with E-state index in [0.717, 1.165) is 44.2 Å². The second-order valence-corrected chi connectivity index (χ2v) is 4.81. The van der Waals surface area contributed by atoms with Gasteiger partial charge in [0, 0.05) is 17.7 Å². The summed E-state index contributed by atoms with van der Waals surface area (Å²) in [4.78, 5) is 11.9. The molecule has 0 aromatic heterocycles. The Hall–Kier alpha value is -1.52. The number of rotatable bonds is 2. The van der Waals surface area contributed by atoms with Crippen molar-refractivity contribution in [2.24, 2.45) is 5.92 Å². The lowest BCUT2D eigenvalue weighted by molar-refractivity contribution is -0.137. The van der Waals surface area contributed by atoms with Crippen LogP contribution in [0.3, 0.4) is 0 Å². The van der Waals surface area contributed by atoms with Gasteiger partial charge in [0.2, 0.25) is 5.91 Å². The molecular formula is C14H15F3NO. The molecule has 1 aromatic carbocycles. The third kappa shape index (κ3) is 3.72. The topological polar surface area (TPSA) is 29.1 Å². The van der Waals surface area contributed by atoms with Crippen LogP contribution in [0.15, 0.2) is 18.2 Å². The molecule has 2 nitrogen and oxygen atoms in total. The Bertz CT molecular complexity index is 433. The number of carbonyl (C=O) groups is 1. The smallest absolute Gasteiger partial charge is 0.325 e. The molecule has 19 heavy (non-hydrogen) atoms. The zero-order valence-electron chi connectivity index (χ0n) is 10.4. The van der Waals surface area contributed by atoms with Crippen LogP contribution in [0.5, 0.6) is 0 Å². The van der Waals surface area contributed by atoms with Crippen molar-refractivity contribution in [3.8, 4) is 0 Å². The van der Waals surface area contributed by atoms with Crippen LogP contribution < -0.4 is 5.32 Å². The number of hydrogen-bond acceptors (Lipinski definition) is 1. The molecule has 103 valence electrons. The van der Waals surface area contributed by atoms with Gasteiger partial charge in [-0.2, -0.15) is 13.2 Å². The van der Waals surface area contributed by atoms with E-state index >= 15 is 0 Å². The van der Waals surface area contributed by atoms with Crippen molar-refractivity contribution >= 4 is 11.6 Å². The Morgan fingerprint density at radius 2 is 1.89 bits per heavy atom. The molecule has 0 saturated heterocycles. The molecule has 1 saturated carbocycles. The van der Waals surface area contributed by atoms with Crippen LogP contribution >= 0.6 is 0 Å². The lowest BCUT2D eigenvalue weighted by Crippen LogP contribution is -2.24. The van der Waals surface area contributed by atoms with Gasteiger partial charge in [0.15, 0.2) is 0 Å². The first-order chi connectivity index (χ1) is 8.97. The summed E-state index contributed by atoms with van der Waals surface area (Å²) in [6, 6.07) is 5.51. The van der Waals surface area contributed by atoms with E-state index in [2.05, 4.69) is 11.4 Å². The van der Waals surface area contributed by atoms with E-state index in [4.69, 9.17) is 0 Å². The SMILES string of the molecule is O=C(Nc1[c]cc(C(F)(F)F)cc1)C1CCCCC1. The molecule has 1 aromatic rings. The number of hydrogen-bond donors (Lipinski definition) is 1. The van der Waals surface area contributed by atoms with E-state index < -0.39 is 11.7 Å². The van der Waals surface area contributed by atoms with Gasteiger partial charge < -0.3 is 5.32 Å². The van der Waals surface area contributed by atoms with Crippen molar-refractivity contribution in [2.45, 2.75) is 38.3 Å². The van der Waals surface area contributed by atoms with Crippen LogP contribution in [-0.4, -0.2) is 5.91 Å². The van der Waals surface area contributed by atoms with Crippen molar-refractivity contribution in [3.63, 3.8) is 0 Å². The largest absolute Gasteiger partial charge is 0.416 e. The molecule has 1 aliphatic rings. The first-order valence-corrected chi connectivity index (χ1v) is 6.36. The molecule has 0 bridgehead atoms. The van der Waals surface area contributed by atoms with Gasteiger partial charge in [-0.1, -0.05) is 19.3 Å². The lowest BCUT2D eigenvalue weighted by atomic mass is 9.88. The van der Waals surface area contributed by atoms with Gasteiger partial charge in [-0.3, -0.25) is 4.79 Å². The quantitative estimate of drug-likeness (QED) is 0.863. The molecule has 0 atom stereocenters. The predicted molar refractivity (Wildman–Crippen MR) is 65.5 cm³/mol. The van der Waals surface area contributed by atoms with Gasteiger partial charge in [0.1, 0.15) is 0 Å². The average Bonchev–Trinajstić information content (AvgIpc) is 2.39. The van der Waals surface area contributed by atoms with Gasteiger partial charge in [0.25, 0.3) is 0 Å². The Kier molecular flexibility index (Phi) is 4.12. The zero-order valence-corrected chi connectivity index (χ0v) is 10.4. The van der Waals surface area contributed by atoms with Crippen LogP contribution in [0.4, 0.5) is 18.9 Å². The van der Waals surface area contributed by atoms with Crippen LogP contribution in [0.1, 0.15) is 37.7 Å². The normalized spacial score (nSPS) is 17.2. The number of anilines is 1. The van der Waals surface area contributed by atoms with Gasteiger partial charge >= 0.3 is 6.18 Å². The Labute approximate surface area is 110 Å². The van der Waals surface area contributed by atoms with E-state index in [0.29, 0.717) is 5.69 Å². The van der Waals surface area contributed by atoms with Crippen LogP contribution in [0, 0.1) is 12.0 Å². The van der Waals surface area contributed by atoms with Crippen molar-refractivity contribution in [1.29, 1.82) is 0 Å². The van der Waals surface area contributed by atoms with Crippen molar-refractivity contribution in [3.05, 3.63) is 29.8 Å². The van der Waals surface area contributed by atoms with E-state index in [1.54, 1.807) is 0 Å². The summed E-state index contributed by atoms with van der Waals surface area (Å²) in [5.74, 6) is -0.139. The van der Waals surface area contributed by atoms with Crippen molar-refractivity contribution in [2.75, 3.05) is 5.32 Å². The maximum Gasteiger partial charge on any atom is 0.416 e. The molecule has 0 spiro atoms. The second-order valence-electron chi connectivity index (χ2n) is 4.81. The molecule has 1 fully saturated rings. The van der Waals surface area contributed by atoms with Crippen LogP contribution in [0.2, 0.25) is 0 Å². The highest BCUT2D eigenvalue weighted by molar-refractivity contribution is 5.92. The van der Waals surface area contributed by atoms with Gasteiger partial charge in [-0.05, 0) is 31.0 Å². The monoisotopic (exact) mass is 270 g/mol. The number of halogens is 3. The van der Waals surface area contributed by atoms with Gasteiger partial charge in [-0.15, -0.1) is 0 Å². The highest BCUT2D eigenvalue weighted by Gasteiger charge is 2.30. The third-order valence-electron chi connectivity index (χ3n) is 3.37. The van der Waals surface area contributed by atoms with E-state index in [1.165, 1.54) is 6.07 Å². The minimum absolute atomic E-state index is 0.0237. The molecular weight excluding hydrogens is 255 g/mol. The summed E-state index contributed by atoms with van der Waals surface area (Å²) in [5, 5.41) is 2.63. The molecule has 0 unspecified atom stereocenters. The highest BCUT2D eigenvalue weighted by atomic mass is 19.4. The standard InChI is InChI=1S/C14H15F3NO/c15-14(16,17)11-6-8-12(9-7-11)18-13(19)10-4-2-1-3-5-10/h6-8,10H,1-5H2,(H,18,19). The second kappa shape index (κ2) is 5.63. The Morgan fingerprint density at radius 3 is 2.42 bits per heavy atom. The number of nitrogens with one attached hydrogen (secondary N) is 1. The average molecular weight is 270 g/mol. The van der Waals surface area contributed by atoms with Crippen LogP contribution in [0.25, 0.3) is 0 Å². The van der Waals surface area contributed by atoms with E-state index in [1.807, 2.05) is 0 Å². The summed E-state index contributed by atoms with van der Waals surface area (Å²) in [6.07, 6.45) is 0.557. The van der Waals surface area contributed by atoms with Crippen LogP contribution in [-0.2, 0) is 11.0 Å². The zero-order chi connectivity index (χ0) is 13.9. The van der Waals surface area contributed by atoms with E-state index in [9.17, 15) is 18.0 Å². The van der Waals surface area contributed by atoms with Gasteiger partial charge in [0.05, 0.1) is 5.56 Å². The fraction of sp³-hybridized carbons (Fsp3) is 0.500. The predicted octanol–water partition coefficient (Wildman–Crippen LogP) is 4.02. The molecule has 5 heteroatoms. The minimum Gasteiger partial charge on any atom is -0.325 e. The number of carbonyl (C=O) groups excluding carboxylic acids is 1. The summed E-state index contributed by atoms with van der Waals surface area (Å²) >= 11 is 0. The number of amides is 1. The highest BCUT2D eigenvalue weighted by Crippen LogP contribution is 2.30. The molecule has 1 aliphatic carbocycles. The molecule has 1 N–H and O–H groups in total. The van der Waals surface area contributed by atoms with Gasteiger partial charge in [-0.25, -0.2) is 0 Å². The Morgan fingerprint density at radius 1 is 1.21 bits per heavy atom. The molecule has 0 heterocycles. The summed E-state index contributed by atoms with van der Waals surface area (Å²) in [7, 11) is 0. The number of benzene rings is 1. The fourth-order valence-electron chi connectivity index (χ4n) is 2.28. The summed E-state index contributed by atoms with van der Waals surface area (Å²) in [5.41, 5.74) is -0.466. The molecule has 1 radical (unpaired) electrons. The minimum atomic E-state index is -4.37. The lowest BCUT2D eigenvalue weighted by Gasteiger charge is -2.20. The molecule has 2 rings (SSSR count). The van der Waals surface area contributed by atoms with Crippen molar-refractivity contribution < 1.29 is 18.0 Å². The summed E-state index contributed by atoms with van der Waals surface area (Å²) < 4.78 is 37.1. The first kappa shape index (κ1) is 13.9. The third-order valence-corrected chi connectivity index (χ3v) is 3.37. The maximum atomic E-state index is 12.4. The first-order valence-electron chi connectivity index (χ1n) is 6.36. The van der Waals surface area contributed by atoms with Crippen molar-refractivity contribution in [1.82, 2.24) is 0 Å². The fourth-order valence-corrected chi connectivity index (χ4v) is 2.28. The Balaban J connectivity index is 1.97. The molecule has 0 aliphatic heterocycles. The van der Waals surface area contributed by atoms with E-state index in [-0.39, 0.29) is 11.8 Å². The molecule has 1 amide bonds. The summed E-state index contributed by atoms with van der Waals surface area (Å²) in [6.45, 7) is 0. The maximum absolute atomic E-state index is 12.4.